The van der Waals surface area contributed by atoms with Gasteiger partial charge in [-0.15, -0.1) is 0 Å². The lowest BCUT2D eigenvalue weighted by atomic mass is 10.0. The molecule has 172 valence electrons. The molecule has 0 radical (unpaired) electrons. The number of rotatable bonds is 6. The number of nitrogens with two attached hydrogens (primary N) is 1. The van der Waals surface area contributed by atoms with Gasteiger partial charge in [0.2, 0.25) is 10.0 Å². The molecule has 0 saturated heterocycles. The largest absolute Gasteiger partial charge is 0.382 e. The molecule has 3 aromatic rings. The van der Waals surface area contributed by atoms with Crippen molar-refractivity contribution in [3.63, 3.8) is 0 Å². The van der Waals surface area contributed by atoms with E-state index in [-0.39, 0.29) is 29.3 Å². The van der Waals surface area contributed by atoms with Crippen molar-refractivity contribution >= 4 is 49.6 Å². The van der Waals surface area contributed by atoms with E-state index in [1.165, 1.54) is 11.1 Å². The first-order valence-corrected chi connectivity index (χ1v) is 13.1. The van der Waals surface area contributed by atoms with Crippen molar-refractivity contribution in [2.45, 2.75) is 58.5 Å². The fourth-order valence-electron chi connectivity index (χ4n) is 4.09. The third-order valence-electron chi connectivity index (χ3n) is 5.33. The lowest BCUT2D eigenvalue weighted by Crippen LogP contribution is -2.42. The second-order valence-corrected chi connectivity index (χ2v) is 12.1. The van der Waals surface area contributed by atoms with Crippen LogP contribution in [0, 0.1) is 9.65 Å². The number of nitrogen functional groups attached to an aromatic ring is 1. The van der Waals surface area contributed by atoms with Crippen LogP contribution in [0.2, 0.25) is 0 Å². The molecule has 2 aromatic heterocycles. The Kier molecular flexibility index (Phi) is 6.18. The molecule has 0 bridgehead atoms. The molecule has 2 heterocycles. The molecule has 0 atom stereocenters. The fourth-order valence-corrected chi connectivity index (χ4v) is 6.27. The summed E-state index contributed by atoms with van der Waals surface area (Å²) < 4.78 is 44.5. The number of halogens is 2. The molecule has 0 aliphatic heterocycles. The summed E-state index contributed by atoms with van der Waals surface area (Å²) in [5, 5.41) is 0. The summed E-state index contributed by atoms with van der Waals surface area (Å²) in [6.45, 7) is 5.40. The average Bonchev–Trinajstić information content (AvgIpc) is 3.22. The number of aromatic nitrogens is 4. The van der Waals surface area contributed by atoms with Gasteiger partial charge in [0.1, 0.15) is 5.82 Å². The molecule has 1 aromatic carbocycles. The standard InChI is InChI=1S/C21H26FIN6O2S/c1-21(2,3)28-32(30,31)8-7-29-16(25-17-18(24)26-20(22)27-19(17)29)11-14-9-12-5-4-6-13(12)10-15(14)23/h9-10,28H,4-8,11H2,1-3H3,(H2,24,26,27). The minimum atomic E-state index is -3.58. The van der Waals surface area contributed by atoms with Crippen molar-refractivity contribution in [1.29, 1.82) is 0 Å². The molecule has 32 heavy (non-hydrogen) atoms. The molecule has 4 rings (SSSR count). The predicted molar refractivity (Wildman–Crippen MR) is 130 cm³/mol. The van der Waals surface area contributed by atoms with Crippen LogP contribution < -0.4 is 10.5 Å². The minimum Gasteiger partial charge on any atom is -0.382 e. The third-order valence-corrected chi connectivity index (χ3v) is 7.98. The summed E-state index contributed by atoms with van der Waals surface area (Å²) in [6.07, 6.45) is 2.78. The second kappa shape index (κ2) is 8.49. The number of nitrogens with one attached hydrogen (secondary N) is 1. The summed E-state index contributed by atoms with van der Waals surface area (Å²) in [6, 6.07) is 4.40. The summed E-state index contributed by atoms with van der Waals surface area (Å²) in [4.78, 5) is 12.0. The van der Waals surface area contributed by atoms with Crippen molar-refractivity contribution in [1.82, 2.24) is 24.2 Å². The SMILES string of the molecule is CC(C)(C)NS(=O)(=O)CCn1c(Cc2cc3c(cc2I)CCC3)nc2c(N)nc(F)nc21. The Morgan fingerprint density at radius 3 is 2.56 bits per heavy atom. The predicted octanol–water partition coefficient (Wildman–Crippen LogP) is 2.95. The van der Waals surface area contributed by atoms with Crippen molar-refractivity contribution in [2.75, 3.05) is 11.5 Å². The first-order chi connectivity index (χ1) is 14.9. The van der Waals surface area contributed by atoms with Gasteiger partial charge in [-0.3, -0.25) is 0 Å². The molecule has 0 unspecified atom stereocenters. The van der Waals surface area contributed by atoms with E-state index >= 15 is 0 Å². The van der Waals surface area contributed by atoms with E-state index in [4.69, 9.17) is 5.73 Å². The van der Waals surface area contributed by atoms with Crippen LogP contribution in [0.3, 0.4) is 0 Å². The van der Waals surface area contributed by atoms with Gasteiger partial charge in [0.25, 0.3) is 0 Å². The van der Waals surface area contributed by atoms with Crippen LogP contribution in [0.15, 0.2) is 12.1 Å². The Balaban J connectivity index is 1.73. The fraction of sp³-hybridized carbons (Fsp3) is 0.476. The van der Waals surface area contributed by atoms with E-state index in [2.05, 4.69) is 54.4 Å². The summed E-state index contributed by atoms with van der Waals surface area (Å²) in [7, 11) is -3.58. The van der Waals surface area contributed by atoms with Gasteiger partial charge in [0.15, 0.2) is 17.0 Å². The zero-order valence-corrected chi connectivity index (χ0v) is 21.2. The van der Waals surface area contributed by atoms with Crippen LogP contribution >= 0.6 is 22.6 Å². The molecule has 0 fully saturated rings. The monoisotopic (exact) mass is 572 g/mol. The molecule has 1 aliphatic rings. The number of hydrogen-bond donors (Lipinski definition) is 2. The van der Waals surface area contributed by atoms with E-state index in [9.17, 15) is 12.8 Å². The maximum absolute atomic E-state index is 13.9. The minimum absolute atomic E-state index is 0.0631. The van der Waals surface area contributed by atoms with Gasteiger partial charge in [-0.2, -0.15) is 14.4 Å². The molecular formula is C21H26FIN6O2S. The molecule has 8 nitrogen and oxygen atoms in total. The Bertz CT molecular complexity index is 1300. The zero-order chi connectivity index (χ0) is 23.3. The van der Waals surface area contributed by atoms with Gasteiger partial charge in [0, 0.05) is 22.1 Å². The van der Waals surface area contributed by atoms with E-state index in [0.29, 0.717) is 12.2 Å². The highest BCUT2D eigenvalue weighted by Crippen LogP contribution is 2.29. The molecule has 11 heteroatoms. The zero-order valence-electron chi connectivity index (χ0n) is 18.2. The van der Waals surface area contributed by atoms with Gasteiger partial charge in [-0.25, -0.2) is 18.1 Å². The highest BCUT2D eigenvalue weighted by Gasteiger charge is 2.23. The van der Waals surface area contributed by atoms with E-state index in [1.807, 2.05) is 0 Å². The number of imidazole rings is 1. The smallest absolute Gasteiger partial charge is 0.312 e. The average molecular weight is 572 g/mol. The normalized spacial score (nSPS) is 14.3. The van der Waals surface area contributed by atoms with E-state index in [1.54, 1.807) is 25.3 Å². The van der Waals surface area contributed by atoms with Gasteiger partial charge in [0.05, 0.1) is 5.75 Å². The van der Waals surface area contributed by atoms with Crippen LogP contribution in [0.25, 0.3) is 11.2 Å². The Morgan fingerprint density at radius 1 is 1.19 bits per heavy atom. The number of aryl methyl sites for hydroxylation is 3. The number of hydrogen-bond acceptors (Lipinski definition) is 6. The number of sulfonamides is 1. The van der Waals surface area contributed by atoms with Gasteiger partial charge < -0.3 is 10.3 Å². The van der Waals surface area contributed by atoms with Gasteiger partial charge in [-0.1, -0.05) is 6.07 Å². The van der Waals surface area contributed by atoms with Gasteiger partial charge >= 0.3 is 6.08 Å². The van der Waals surface area contributed by atoms with Crippen LogP contribution in [-0.4, -0.2) is 39.2 Å². The summed E-state index contributed by atoms with van der Waals surface area (Å²) in [5.74, 6) is 0.315. The summed E-state index contributed by atoms with van der Waals surface area (Å²) in [5.41, 5.74) is 9.59. The number of anilines is 1. The Labute approximate surface area is 200 Å². The molecule has 0 amide bonds. The van der Waals surface area contributed by atoms with Gasteiger partial charge in [-0.05, 0) is 85.4 Å². The molecule has 3 N–H and O–H groups in total. The Morgan fingerprint density at radius 2 is 1.88 bits per heavy atom. The Hall–Kier alpha value is -1.86. The van der Waals surface area contributed by atoms with Crippen LogP contribution in [0.5, 0.6) is 0 Å². The highest BCUT2D eigenvalue weighted by molar-refractivity contribution is 14.1. The quantitative estimate of drug-likeness (QED) is 0.347. The topological polar surface area (TPSA) is 116 Å². The number of nitrogens with zero attached hydrogens (tertiary/aromatic N) is 4. The highest BCUT2D eigenvalue weighted by atomic mass is 127. The second-order valence-electron chi connectivity index (χ2n) is 9.14. The molecule has 0 spiro atoms. The molecule has 1 aliphatic carbocycles. The van der Waals surface area contributed by atoms with Crippen LogP contribution in [-0.2, 0) is 35.8 Å². The van der Waals surface area contributed by atoms with E-state index < -0.39 is 21.6 Å². The summed E-state index contributed by atoms with van der Waals surface area (Å²) >= 11 is 2.32. The van der Waals surface area contributed by atoms with Crippen molar-refractivity contribution in [2.24, 2.45) is 0 Å². The van der Waals surface area contributed by atoms with E-state index in [0.717, 1.165) is 28.4 Å². The first kappa shape index (κ1) is 23.3. The lowest BCUT2D eigenvalue weighted by molar-refractivity contribution is 0.489. The van der Waals surface area contributed by atoms with Crippen LogP contribution in [0.4, 0.5) is 10.2 Å². The van der Waals surface area contributed by atoms with Crippen molar-refractivity contribution < 1.29 is 12.8 Å². The number of benzene rings is 1. The van der Waals surface area contributed by atoms with Crippen molar-refractivity contribution in [3.8, 4) is 0 Å². The molecule has 0 saturated carbocycles. The molecular weight excluding hydrogens is 546 g/mol. The van der Waals surface area contributed by atoms with Crippen LogP contribution in [0.1, 0.15) is 49.7 Å². The lowest BCUT2D eigenvalue weighted by Gasteiger charge is -2.20. The van der Waals surface area contributed by atoms with Crippen molar-refractivity contribution in [3.05, 3.63) is 44.3 Å². The first-order valence-electron chi connectivity index (χ1n) is 10.4. The third kappa shape index (κ3) is 5.04. The maximum atomic E-state index is 13.9. The number of fused-ring (bicyclic) bond motifs is 2. The maximum Gasteiger partial charge on any atom is 0.312 e.